The molecular weight excluding hydrogens is 436 g/mol. The van der Waals surface area contributed by atoms with E-state index in [9.17, 15) is 13.2 Å². The highest BCUT2D eigenvalue weighted by molar-refractivity contribution is 7.89. The van der Waals surface area contributed by atoms with Crippen molar-refractivity contribution in [2.24, 2.45) is 0 Å². The topological polar surface area (TPSA) is 103 Å². The SMILES string of the molecule is CC1CN(S(=O)(=O)c2ccc(C(=O)NCCOc3ccc4c(c3)OCO4)cc2)CC(C)O1. The minimum Gasteiger partial charge on any atom is -0.492 e. The van der Waals surface area contributed by atoms with E-state index < -0.39 is 10.0 Å². The van der Waals surface area contributed by atoms with Gasteiger partial charge in [0.15, 0.2) is 11.5 Å². The Morgan fingerprint density at radius 2 is 1.75 bits per heavy atom. The third-order valence-electron chi connectivity index (χ3n) is 5.14. The van der Waals surface area contributed by atoms with Crippen LogP contribution in [0.1, 0.15) is 24.2 Å². The molecule has 2 unspecified atom stereocenters. The fraction of sp³-hybridized carbons (Fsp3) is 0.409. The first-order valence-electron chi connectivity index (χ1n) is 10.4. The van der Waals surface area contributed by atoms with E-state index in [2.05, 4.69) is 5.32 Å². The maximum Gasteiger partial charge on any atom is 0.251 e. The molecular formula is C22H26N2O7S. The summed E-state index contributed by atoms with van der Waals surface area (Å²) in [6.07, 6.45) is -0.336. The zero-order valence-corrected chi connectivity index (χ0v) is 18.8. The normalized spacial score (nSPS) is 20.7. The first kappa shape index (κ1) is 22.4. The highest BCUT2D eigenvalue weighted by Crippen LogP contribution is 2.35. The average molecular weight is 463 g/mol. The molecule has 32 heavy (non-hydrogen) atoms. The van der Waals surface area contributed by atoms with Gasteiger partial charge in [0.05, 0.1) is 23.6 Å². The summed E-state index contributed by atoms with van der Waals surface area (Å²) in [5, 5.41) is 2.76. The van der Waals surface area contributed by atoms with Gasteiger partial charge < -0.3 is 24.3 Å². The van der Waals surface area contributed by atoms with E-state index in [0.29, 0.717) is 35.9 Å². The standard InChI is InChI=1S/C22H26N2O7S/c1-15-12-24(13-16(2)31-15)32(26,27)19-6-3-17(4-7-19)22(25)23-9-10-28-18-5-8-20-21(11-18)30-14-29-20/h3-8,11,15-16H,9-10,12-14H2,1-2H3,(H,23,25). The number of rotatable bonds is 7. The molecule has 9 nitrogen and oxygen atoms in total. The van der Waals surface area contributed by atoms with E-state index in [1.807, 2.05) is 13.8 Å². The maximum atomic E-state index is 12.9. The molecule has 10 heteroatoms. The van der Waals surface area contributed by atoms with E-state index in [-0.39, 0.29) is 43.0 Å². The Labute approximate surface area is 187 Å². The van der Waals surface area contributed by atoms with Gasteiger partial charge in [-0.1, -0.05) is 0 Å². The van der Waals surface area contributed by atoms with Gasteiger partial charge in [0.1, 0.15) is 12.4 Å². The number of carbonyl (C=O) groups excluding carboxylic acids is 1. The lowest BCUT2D eigenvalue weighted by Crippen LogP contribution is -2.48. The number of ether oxygens (including phenoxy) is 4. The monoisotopic (exact) mass is 462 g/mol. The first-order valence-corrected chi connectivity index (χ1v) is 11.8. The van der Waals surface area contributed by atoms with Crippen molar-refractivity contribution in [2.75, 3.05) is 33.0 Å². The minimum atomic E-state index is -3.64. The number of nitrogens with one attached hydrogen (secondary N) is 1. The van der Waals surface area contributed by atoms with Crippen molar-refractivity contribution in [3.8, 4) is 17.2 Å². The molecule has 0 bridgehead atoms. The summed E-state index contributed by atoms with van der Waals surface area (Å²) >= 11 is 0. The number of amides is 1. The van der Waals surface area contributed by atoms with Gasteiger partial charge in [0, 0.05) is 24.7 Å². The van der Waals surface area contributed by atoms with Gasteiger partial charge in [0.2, 0.25) is 16.8 Å². The van der Waals surface area contributed by atoms with Crippen LogP contribution >= 0.6 is 0 Å². The van der Waals surface area contributed by atoms with Crippen LogP contribution in [0.2, 0.25) is 0 Å². The van der Waals surface area contributed by atoms with Crippen molar-refractivity contribution in [1.82, 2.24) is 9.62 Å². The van der Waals surface area contributed by atoms with Gasteiger partial charge in [-0.25, -0.2) is 8.42 Å². The van der Waals surface area contributed by atoms with E-state index >= 15 is 0 Å². The third-order valence-corrected chi connectivity index (χ3v) is 6.99. The lowest BCUT2D eigenvalue weighted by molar-refractivity contribution is -0.0440. The molecule has 2 aromatic carbocycles. The van der Waals surface area contributed by atoms with Gasteiger partial charge in [-0.3, -0.25) is 4.79 Å². The number of morpholine rings is 1. The molecule has 1 saturated heterocycles. The van der Waals surface area contributed by atoms with E-state index in [0.717, 1.165) is 0 Å². The first-order chi connectivity index (χ1) is 15.3. The van der Waals surface area contributed by atoms with Crippen LogP contribution in [0.25, 0.3) is 0 Å². The molecule has 1 fully saturated rings. The number of sulfonamides is 1. The van der Waals surface area contributed by atoms with Crippen LogP contribution < -0.4 is 19.5 Å². The van der Waals surface area contributed by atoms with Crippen molar-refractivity contribution in [1.29, 1.82) is 0 Å². The Morgan fingerprint density at radius 3 is 2.47 bits per heavy atom. The van der Waals surface area contributed by atoms with Crippen LogP contribution in [0.5, 0.6) is 17.2 Å². The lowest BCUT2D eigenvalue weighted by Gasteiger charge is -2.34. The second-order valence-corrected chi connectivity index (χ2v) is 9.66. The second kappa shape index (κ2) is 9.35. The highest BCUT2D eigenvalue weighted by atomic mass is 32.2. The van der Waals surface area contributed by atoms with Gasteiger partial charge in [-0.2, -0.15) is 4.31 Å². The summed E-state index contributed by atoms with van der Waals surface area (Å²) in [5.74, 6) is 1.61. The van der Waals surface area contributed by atoms with Gasteiger partial charge >= 0.3 is 0 Å². The molecule has 2 aliphatic heterocycles. The van der Waals surface area contributed by atoms with Crippen molar-refractivity contribution < 1.29 is 32.2 Å². The predicted molar refractivity (Wildman–Crippen MR) is 116 cm³/mol. The van der Waals surface area contributed by atoms with Crippen molar-refractivity contribution >= 4 is 15.9 Å². The van der Waals surface area contributed by atoms with E-state index in [1.54, 1.807) is 18.2 Å². The Balaban J connectivity index is 1.29. The zero-order valence-electron chi connectivity index (χ0n) is 17.9. The zero-order chi connectivity index (χ0) is 22.7. The molecule has 4 rings (SSSR count). The molecule has 172 valence electrons. The van der Waals surface area contributed by atoms with Gasteiger partial charge in [-0.05, 0) is 50.2 Å². The fourth-order valence-electron chi connectivity index (χ4n) is 3.66. The van der Waals surface area contributed by atoms with E-state index in [1.165, 1.54) is 28.6 Å². The number of carbonyl (C=O) groups is 1. The highest BCUT2D eigenvalue weighted by Gasteiger charge is 2.32. The lowest BCUT2D eigenvalue weighted by atomic mass is 10.2. The summed E-state index contributed by atoms with van der Waals surface area (Å²) in [4.78, 5) is 12.5. The summed E-state index contributed by atoms with van der Waals surface area (Å²) < 4.78 is 49.0. The molecule has 1 N–H and O–H groups in total. The fourth-order valence-corrected chi connectivity index (χ4v) is 5.25. The quantitative estimate of drug-likeness (QED) is 0.628. The number of fused-ring (bicyclic) bond motifs is 1. The maximum absolute atomic E-state index is 12.9. The van der Waals surface area contributed by atoms with Gasteiger partial charge in [-0.15, -0.1) is 0 Å². The number of hydrogen-bond donors (Lipinski definition) is 1. The van der Waals surface area contributed by atoms with Gasteiger partial charge in [0.25, 0.3) is 5.91 Å². The molecule has 2 heterocycles. The molecule has 0 saturated carbocycles. The van der Waals surface area contributed by atoms with Crippen molar-refractivity contribution in [2.45, 2.75) is 31.0 Å². The van der Waals surface area contributed by atoms with Crippen molar-refractivity contribution in [3.05, 3.63) is 48.0 Å². The van der Waals surface area contributed by atoms with Crippen LogP contribution in [0.15, 0.2) is 47.4 Å². The molecule has 2 aromatic rings. The summed E-state index contributed by atoms with van der Waals surface area (Å²) in [5.41, 5.74) is 0.371. The largest absolute Gasteiger partial charge is 0.492 e. The third kappa shape index (κ3) is 4.98. The molecule has 0 aliphatic carbocycles. The van der Waals surface area contributed by atoms with Crippen molar-refractivity contribution in [3.63, 3.8) is 0 Å². The van der Waals surface area contributed by atoms with Crippen LogP contribution in [0.4, 0.5) is 0 Å². The number of benzene rings is 2. The summed E-state index contributed by atoms with van der Waals surface area (Å²) in [6.45, 7) is 5.06. The van der Waals surface area contributed by atoms with Crippen LogP contribution in [-0.2, 0) is 14.8 Å². The predicted octanol–water partition coefficient (Wildman–Crippen LogP) is 2.02. The average Bonchev–Trinajstić information content (AvgIpc) is 3.24. The minimum absolute atomic E-state index is 0.154. The number of hydrogen-bond acceptors (Lipinski definition) is 7. The Bertz CT molecular complexity index is 1060. The van der Waals surface area contributed by atoms with Crippen LogP contribution in [-0.4, -0.2) is 63.9 Å². The molecule has 0 aromatic heterocycles. The van der Waals surface area contributed by atoms with Crippen LogP contribution in [0.3, 0.4) is 0 Å². The Morgan fingerprint density at radius 1 is 1.06 bits per heavy atom. The molecule has 1 amide bonds. The Kier molecular flexibility index (Phi) is 6.54. The molecule has 0 radical (unpaired) electrons. The summed E-state index contributed by atoms with van der Waals surface area (Å²) in [7, 11) is -3.64. The van der Waals surface area contributed by atoms with E-state index in [4.69, 9.17) is 18.9 Å². The summed E-state index contributed by atoms with van der Waals surface area (Å²) in [6, 6.07) is 11.2. The second-order valence-electron chi connectivity index (χ2n) is 7.72. The van der Waals surface area contributed by atoms with Crippen LogP contribution in [0, 0.1) is 0 Å². The molecule has 0 spiro atoms. The number of nitrogens with zero attached hydrogens (tertiary/aromatic N) is 1. The smallest absolute Gasteiger partial charge is 0.251 e. The molecule has 2 aliphatic rings. The Hall–Kier alpha value is -2.82. The molecule has 2 atom stereocenters.